The molecule has 0 fully saturated rings. The van der Waals surface area contributed by atoms with Gasteiger partial charge in [0.25, 0.3) is 5.88 Å². The van der Waals surface area contributed by atoms with Gasteiger partial charge in [0.15, 0.2) is 0 Å². The van der Waals surface area contributed by atoms with Crippen LogP contribution in [0.5, 0.6) is 5.88 Å². The molecule has 2 aromatic rings. The number of hydrogen-bond acceptors (Lipinski definition) is 4. The molecule has 0 aliphatic rings. The smallest absolute Gasteiger partial charge is 0.253 e. The highest BCUT2D eigenvalue weighted by Crippen LogP contribution is 2.28. The summed E-state index contributed by atoms with van der Waals surface area (Å²) in [5.41, 5.74) is 1.75. The molecule has 0 saturated carbocycles. The molecule has 1 heterocycles. The minimum Gasteiger partial charge on any atom is -0.476 e. The predicted octanol–water partition coefficient (Wildman–Crippen LogP) is 3.26. The lowest BCUT2D eigenvalue weighted by Crippen LogP contribution is -1.93. The first-order valence-electron chi connectivity index (χ1n) is 4.52. The minimum atomic E-state index is 0.588. The Bertz CT molecular complexity index is 441. The van der Waals surface area contributed by atoms with Gasteiger partial charge < -0.3 is 4.74 Å². The Morgan fingerprint density at radius 1 is 1.27 bits per heavy atom. The number of ether oxygens (including phenoxy) is 1. The maximum Gasteiger partial charge on any atom is 0.253 e. The molecule has 0 aliphatic heterocycles. The van der Waals surface area contributed by atoms with E-state index in [1.807, 2.05) is 31.2 Å². The molecule has 0 radical (unpaired) electrons. The SMILES string of the molecule is CCOc1nsnc1-c1ccc(Cl)cc1. The molecule has 0 atom stereocenters. The van der Waals surface area contributed by atoms with Crippen molar-refractivity contribution in [3.8, 4) is 17.1 Å². The second-order valence-electron chi connectivity index (χ2n) is 2.86. The van der Waals surface area contributed by atoms with Gasteiger partial charge in [0.05, 0.1) is 18.3 Å². The molecule has 78 valence electrons. The van der Waals surface area contributed by atoms with Gasteiger partial charge in [-0.1, -0.05) is 23.7 Å². The lowest BCUT2D eigenvalue weighted by molar-refractivity contribution is 0.331. The molecular formula is C10H9ClN2OS. The van der Waals surface area contributed by atoms with Gasteiger partial charge in [0, 0.05) is 10.6 Å². The molecule has 5 heteroatoms. The quantitative estimate of drug-likeness (QED) is 0.826. The van der Waals surface area contributed by atoms with Gasteiger partial charge in [-0.15, -0.1) is 4.37 Å². The summed E-state index contributed by atoms with van der Waals surface area (Å²) in [6.07, 6.45) is 0. The number of aromatic nitrogens is 2. The number of benzene rings is 1. The van der Waals surface area contributed by atoms with Crippen molar-refractivity contribution in [3.05, 3.63) is 29.3 Å². The number of nitrogens with zero attached hydrogens (tertiary/aromatic N) is 2. The second-order valence-corrected chi connectivity index (χ2v) is 3.82. The van der Waals surface area contributed by atoms with E-state index >= 15 is 0 Å². The fourth-order valence-corrected chi connectivity index (χ4v) is 1.84. The highest BCUT2D eigenvalue weighted by atomic mass is 35.5. The van der Waals surface area contributed by atoms with Gasteiger partial charge in [-0.2, -0.15) is 4.37 Å². The first-order valence-corrected chi connectivity index (χ1v) is 5.63. The van der Waals surface area contributed by atoms with Crippen LogP contribution in [0.2, 0.25) is 5.02 Å². The van der Waals surface area contributed by atoms with Gasteiger partial charge in [-0.3, -0.25) is 0 Å². The molecule has 0 amide bonds. The first kappa shape index (κ1) is 10.4. The summed E-state index contributed by atoms with van der Waals surface area (Å²) in [7, 11) is 0. The van der Waals surface area contributed by atoms with E-state index in [0.717, 1.165) is 23.0 Å². The van der Waals surface area contributed by atoms with Crippen molar-refractivity contribution in [1.82, 2.24) is 8.75 Å². The number of rotatable bonds is 3. The summed E-state index contributed by atoms with van der Waals surface area (Å²) in [5, 5.41) is 0.708. The molecule has 3 nitrogen and oxygen atoms in total. The van der Waals surface area contributed by atoms with Crippen molar-refractivity contribution in [1.29, 1.82) is 0 Å². The van der Waals surface area contributed by atoms with E-state index in [0.29, 0.717) is 17.5 Å². The van der Waals surface area contributed by atoms with Crippen LogP contribution < -0.4 is 4.74 Å². The fraction of sp³-hybridized carbons (Fsp3) is 0.200. The monoisotopic (exact) mass is 240 g/mol. The summed E-state index contributed by atoms with van der Waals surface area (Å²) >= 11 is 6.96. The van der Waals surface area contributed by atoms with Crippen LogP contribution in [0.4, 0.5) is 0 Å². The van der Waals surface area contributed by atoms with Crippen LogP contribution in [0.25, 0.3) is 11.3 Å². The van der Waals surface area contributed by atoms with Gasteiger partial charge >= 0.3 is 0 Å². The fourth-order valence-electron chi connectivity index (χ4n) is 1.20. The largest absolute Gasteiger partial charge is 0.476 e. The summed E-state index contributed by atoms with van der Waals surface area (Å²) in [6, 6.07) is 7.46. The Morgan fingerprint density at radius 3 is 2.67 bits per heavy atom. The Hall–Kier alpha value is -1.13. The zero-order valence-corrected chi connectivity index (χ0v) is 9.68. The Kier molecular flexibility index (Phi) is 3.18. The molecule has 1 aromatic carbocycles. The van der Waals surface area contributed by atoms with Crippen molar-refractivity contribution in [2.24, 2.45) is 0 Å². The molecule has 0 bridgehead atoms. The van der Waals surface area contributed by atoms with E-state index in [9.17, 15) is 0 Å². The van der Waals surface area contributed by atoms with Crippen LogP contribution in [-0.4, -0.2) is 15.4 Å². The van der Waals surface area contributed by atoms with Gasteiger partial charge in [0.2, 0.25) is 0 Å². The topological polar surface area (TPSA) is 35.0 Å². The lowest BCUT2D eigenvalue weighted by Gasteiger charge is -2.01. The third kappa shape index (κ3) is 2.27. The summed E-state index contributed by atoms with van der Waals surface area (Å²) in [5.74, 6) is 0.588. The highest BCUT2D eigenvalue weighted by Gasteiger charge is 2.10. The van der Waals surface area contributed by atoms with Crippen LogP contribution in [-0.2, 0) is 0 Å². The van der Waals surface area contributed by atoms with Crippen molar-refractivity contribution in [3.63, 3.8) is 0 Å². The van der Waals surface area contributed by atoms with Crippen LogP contribution in [0.15, 0.2) is 24.3 Å². The molecular weight excluding hydrogens is 232 g/mol. The highest BCUT2D eigenvalue weighted by molar-refractivity contribution is 6.99. The zero-order valence-electron chi connectivity index (χ0n) is 8.11. The Balaban J connectivity index is 2.36. The third-order valence-corrected chi connectivity index (χ3v) is 2.62. The molecule has 2 rings (SSSR count). The van der Waals surface area contributed by atoms with E-state index in [1.54, 1.807) is 0 Å². The van der Waals surface area contributed by atoms with E-state index in [4.69, 9.17) is 16.3 Å². The zero-order chi connectivity index (χ0) is 10.7. The predicted molar refractivity (Wildman–Crippen MR) is 61.5 cm³/mol. The number of hydrogen-bond donors (Lipinski definition) is 0. The third-order valence-electron chi connectivity index (χ3n) is 1.86. The van der Waals surface area contributed by atoms with Crippen LogP contribution >= 0.6 is 23.3 Å². The maximum absolute atomic E-state index is 5.81. The average molecular weight is 241 g/mol. The standard InChI is InChI=1S/C10H9ClN2OS/c1-2-14-10-9(12-15-13-10)7-3-5-8(11)6-4-7/h3-6H,2H2,1H3. The van der Waals surface area contributed by atoms with Gasteiger partial charge in [-0.25, -0.2) is 0 Å². The van der Waals surface area contributed by atoms with Crippen molar-refractivity contribution in [2.75, 3.05) is 6.61 Å². The summed E-state index contributed by atoms with van der Waals surface area (Å²) < 4.78 is 13.6. The van der Waals surface area contributed by atoms with Crippen molar-refractivity contribution < 1.29 is 4.74 Å². The minimum absolute atomic E-state index is 0.588. The maximum atomic E-state index is 5.81. The van der Waals surface area contributed by atoms with E-state index < -0.39 is 0 Å². The van der Waals surface area contributed by atoms with Crippen molar-refractivity contribution in [2.45, 2.75) is 6.92 Å². The molecule has 0 aliphatic carbocycles. The molecule has 1 aromatic heterocycles. The Labute approximate surface area is 97.0 Å². The molecule has 0 unspecified atom stereocenters. The molecule has 15 heavy (non-hydrogen) atoms. The van der Waals surface area contributed by atoms with E-state index in [-0.39, 0.29) is 0 Å². The number of halogens is 1. The van der Waals surface area contributed by atoms with Crippen LogP contribution in [0.1, 0.15) is 6.92 Å². The summed E-state index contributed by atoms with van der Waals surface area (Å²) in [4.78, 5) is 0. The second kappa shape index (κ2) is 4.59. The molecule has 0 N–H and O–H groups in total. The lowest BCUT2D eigenvalue weighted by atomic mass is 10.2. The van der Waals surface area contributed by atoms with Gasteiger partial charge in [-0.05, 0) is 19.1 Å². The van der Waals surface area contributed by atoms with Crippen LogP contribution in [0.3, 0.4) is 0 Å². The molecule has 0 saturated heterocycles. The van der Waals surface area contributed by atoms with E-state index in [1.165, 1.54) is 0 Å². The summed E-state index contributed by atoms with van der Waals surface area (Å²) in [6.45, 7) is 2.51. The van der Waals surface area contributed by atoms with Gasteiger partial charge in [0.1, 0.15) is 5.69 Å². The van der Waals surface area contributed by atoms with E-state index in [2.05, 4.69) is 8.75 Å². The first-order chi connectivity index (χ1) is 7.31. The molecule has 0 spiro atoms. The average Bonchev–Trinajstić information content (AvgIpc) is 2.68. The Morgan fingerprint density at radius 2 is 2.00 bits per heavy atom. The van der Waals surface area contributed by atoms with Crippen LogP contribution in [0, 0.1) is 0 Å². The normalized spacial score (nSPS) is 10.3. The van der Waals surface area contributed by atoms with Crippen molar-refractivity contribution >= 4 is 23.3 Å².